The van der Waals surface area contributed by atoms with Gasteiger partial charge in [0.15, 0.2) is 0 Å². The number of hydrogen-bond acceptors (Lipinski definition) is 4. The van der Waals surface area contributed by atoms with Crippen LogP contribution >= 0.6 is 0 Å². The molecule has 1 atom stereocenters. The van der Waals surface area contributed by atoms with Crippen molar-refractivity contribution in [2.45, 2.75) is 6.92 Å². The Balaban J connectivity index is 1.56. The van der Waals surface area contributed by atoms with Gasteiger partial charge in [-0.3, -0.25) is 4.79 Å². The standard InChI is InChI=1S/C17H25N3O2/c1-13(14-11-18-12-14)17(21)20-8-6-19(7-9-20)15-4-3-5-16(10-15)22-2/h3-5,10,13-14,18H,6-9,11-12H2,1-2H3. The molecule has 0 bridgehead atoms. The Morgan fingerprint density at radius 1 is 1.27 bits per heavy atom. The maximum Gasteiger partial charge on any atom is 0.225 e. The molecule has 0 saturated carbocycles. The topological polar surface area (TPSA) is 44.8 Å². The van der Waals surface area contributed by atoms with Crippen molar-refractivity contribution >= 4 is 11.6 Å². The molecule has 2 aliphatic heterocycles. The quantitative estimate of drug-likeness (QED) is 0.908. The molecule has 1 unspecified atom stereocenters. The second-order valence-electron chi connectivity index (χ2n) is 6.22. The molecule has 2 fully saturated rings. The second-order valence-corrected chi connectivity index (χ2v) is 6.22. The van der Waals surface area contributed by atoms with Crippen LogP contribution in [-0.2, 0) is 4.79 Å². The van der Waals surface area contributed by atoms with Gasteiger partial charge in [-0.1, -0.05) is 13.0 Å². The molecular weight excluding hydrogens is 278 g/mol. The number of benzene rings is 1. The van der Waals surface area contributed by atoms with Crippen molar-refractivity contribution in [3.63, 3.8) is 0 Å². The van der Waals surface area contributed by atoms with E-state index in [0.29, 0.717) is 11.8 Å². The minimum atomic E-state index is 0.143. The van der Waals surface area contributed by atoms with E-state index in [0.717, 1.165) is 45.0 Å². The van der Waals surface area contributed by atoms with Gasteiger partial charge in [-0.25, -0.2) is 0 Å². The van der Waals surface area contributed by atoms with Crippen molar-refractivity contribution in [3.8, 4) is 5.75 Å². The first-order valence-electron chi connectivity index (χ1n) is 8.07. The van der Waals surface area contributed by atoms with Crippen LogP contribution in [0.3, 0.4) is 0 Å². The molecule has 0 aliphatic carbocycles. The number of amides is 1. The zero-order chi connectivity index (χ0) is 15.5. The second kappa shape index (κ2) is 6.57. The van der Waals surface area contributed by atoms with Gasteiger partial charge < -0.3 is 19.9 Å². The highest BCUT2D eigenvalue weighted by molar-refractivity contribution is 5.79. The molecule has 1 amide bonds. The molecule has 0 spiro atoms. The molecule has 2 aliphatic rings. The number of carbonyl (C=O) groups is 1. The van der Waals surface area contributed by atoms with Crippen molar-refractivity contribution in [2.75, 3.05) is 51.3 Å². The van der Waals surface area contributed by atoms with E-state index in [1.165, 1.54) is 5.69 Å². The van der Waals surface area contributed by atoms with Crippen molar-refractivity contribution in [1.29, 1.82) is 0 Å². The number of hydrogen-bond donors (Lipinski definition) is 1. The van der Waals surface area contributed by atoms with Gasteiger partial charge in [0.25, 0.3) is 0 Å². The summed E-state index contributed by atoms with van der Waals surface area (Å²) in [5.41, 5.74) is 1.17. The number of nitrogens with zero attached hydrogens (tertiary/aromatic N) is 2. The molecule has 1 aromatic rings. The molecule has 1 N–H and O–H groups in total. The van der Waals surface area contributed by atoms with Crippen LogP contribution in [0.5, 0.6) is 5.75 Å². The van der Waals surface area contributed by atoms with E-state index in [-0.39, 0.29) is 5.92 Å². The van der Waals surface area contributed by atoms with E-state index in [2.05, 4.69) is 29.3 Å². The SMILES string of the molecule is COc1cccc(N2CCN(C(=O)C(C)C3CNC3)CC2)c1. The Morgan fingerprint density at radius 2 is 2.00 bits per heavy atom. The van der Waals surface area contributed by atoms with E-state index < -0.39 is 0 Å². The van der Waals surface area contributed by atoms with E-state index >= 15 is 0 Å². The van der Waals surface area contributed by atoms with Crippen LogP contribution in [0.2, 0.25) is 0 Å². The zero-order valence-corrected chi connectivity index (χ0v) is 13.4. The van der Waals surface area contributed by atoms with Crippen LogP contribution in [-0.4, -0.2) is 57.2 Å². The van der Waals surface area contributed by atoms with Gasteiger partial charge in [-0.15, -0.1) is 0 Å². The summed E-state index contributed by atoms with van der Waals surface area (Å²) in [6, 6.07) is 8.12. The lowest BCUT2D eigenvalue weighted by atomic mass is 9.88. The molecule has 5 nitrogen and oxygen atoms in total. The van der Waals surface area contributed by atoms with E-state index in [9.17, 15) is 4.79 Å². The average molecular weight is 303 g/mol. The molecule has 0 radical (unpaired) electrons. The van der Waals surface area contributed by atoms with Crippen LogP contribution < -0.4 is 15.0 Å². The number of anilines is 1. The fourth-order valence-electron chi connectivity index (χ4n) is 3.15. The van der Waals surface area contributed by atoms with E-state index in [4.69, 9.17) is 4.74 Å². The summed E-state index contributed by atoms with van der Waals surface area (Å²) >= 11 is 0. The predicted octanol–water partition coefficient (Wildman–Crippen LogP) is 1.20. The van der Waals surface area contributed by atoms with Gasteiger partial charge in [0.1, 0.15) is 5.75 Å². The number of piperazine rings is 1. The lowest BCUT2D eigenvalue weighted by Gasteiger charge is -2.40. The van der Waals surface area contributed by atoms with Crippen LogP contribution in [0.4, 0.5) is 5.69 Å². The number of rotatable bonds is 4. The molecule has 22 heavy (non-hydrogen) atoms. The monoisotopic (exact) mass is 303 g/mol. The normalized spacial score (nSPS) is 20.5. The average Bonchev–Trinajstić information content (AvgIpc) is 2.52. The highest BCUT2D eigenvalue weighted by Gasteiger charge is 2.32. The van der Waals surface area contributed by atoms with Crippen LogP contribution in [0.15, 0.2) is 24.3 Å². The van der Waals surface area contributed by atoms with Gasteiger partial charge in [0.2, 0.25) is 5.91 Å². The fourth-order valence-corrected chi connectivity index (χ4v) is 3.15. The summed E-state index contributed by atoms with van der Waals surface area (Å²) in [4.78, 5) is 16.9. The van der Waals surface area contributed by atoms with Gasteiger partial charge in [-0.2, -0.15) is 0 Å². The minimum Gasteiger partial charge on any atom is -0.497 e. The molecule has 0 aromatic heterocycles. The fraction of sp³-hybridized carbons (Fsp3) is 0.588. The maximum atomic E-state index is 12.5. The Morgan fingerprint density at radius 3 is 2.59 bits per heavy atom. The summed E-state index contributed by atoms with van der Waals surface area (Å²) < 4.78 is 5.28. The number of methoxy groups -OCH3 is 1. The van der Waals surface area contributed by atoms with Crippen LogP contribution in [0, 0.1) is 11.8 Å². The van der Waals surface area contributed by atoms with E-state index in [1.54, 1.807) is 7.11 Å². The summed E-state index contributed by atoms with van der Waals surface area (Å²) in [5.74, 6) is 1.85. The number of carbonyl (C=O) groups excluding carboxylic acids is 1. The highest BCUT2D eigenvalue weighted by atomic mass is 16.5. The lowest BCUT2D eigenvalue weighted by Crippen LogP contribution is -2.54. The molecule has 1 aromatic carbocycles. The van der Waals surface area contributed by atoms with Gasteiger partial charge in [0, 0.05) is 43.9 Å². The third-order valence-corrected chi connectivity index (χ3v) is 4.92. The Bertz CT molecular complexity index is 522. The molecule has 5 heteroatoms. The van der Waals surface area contributed by atoms with Crippen molar-refractivity contribution in [1.82, 2.24) is 10.2 Å². The smallest absolute Gasteiger partial charge is 0.225 e. The maximum absolute atomic E-state index is 12.5. The lowest BCUT2D eigenvalue weighted by molar-refractivity contribution is -0.137. The molecule has 2 saturated heterocycles. The third-order valence-electron chi connectivity index (χ3n) is 4.92. The highest BCUT2D eigenvalue weighted by Crippen LogP contribution is 2.23. The minimum absolute atomic E-state index is 0.143. The first kappa shape index (κ1) is 15.2. The molecule has 120 valence electrons. The molecule has 3 rings (SSSR count). The predicted molar refractivity (Wildman–Crippen MR) is 87.3 cm³/mol. The number of nitrogens with one attached hydrogen (secondary N) is 1. The van der Waals surface area contributed by atoms with Gasteiger partial charge >= 0.3 is 0 Å². The Kier molecular flexibility index (Phi) is 4.52. The Hall–Kier alpha value is -1.75. The van der Waals surface area contributed by atoms with Crippen LogP contribution in [0.25, 0.3) is 0 Å². The first-order valence-corrected chi connectivity index (χ1v) is 8.07. The summed E-state index contributed by atoms with van der Waals surface area (Å²) in [7, 11) is 1.69. The van der Waals surface area contributed by atoms with E-state index in [1.807, 2.05) is 17.0 Å². The molecular formula is C17H25N3O2. The van der Waals surface area contributed by atoms with Crippen molar-refractivity contribution < 1.29 is 9.53 Å². The van der Waals surface area contributed by atoms with Gasteiger partial charge in [-0.05, 0) is 31.1 Å². The first-order chi connectivity index (χ1) is 10.7. The largest absolute Gasteiger partial charge is 0.497 e. The van der Waals surface area contributed by atoms with Crippen molar-refractivity contribution in [3.05, 3.63) is 24.3 Å². The van der Waals surface area contributed by atoms with Crippen molar-refractivity contribution in [2.24, 2.45) is 11.8 Å². The summed E-state index contributed by atoms with van der Waals surface area (Å²) in [6.45, 7) is 7.42. The number of ether oxygens (including phenoxy) is 1. The van der Waals surface area contributed by atoms with Crippen LogP contribution in [0.1, 0.15) is 6.92 Å². The summed E-state index contributed by atoms with van der Waals surface area (Å²) in [6.07, 6.45) is 0. The summed E-state index contributed by atoms with van der Waals surface area (Å²) in [5, 5.41) is 3.25. The molecule has 2 heterocycles. The zero-order valence-electron chi connectivity index (χ0n) is 13.4. The third kappa shape index (κ3) is 3.04. The Labute approximate surface area is 132 Å². The van der Waals surface area contributed by atoms with Gasteiger partial charge in [0.05, 0.1) is 7.11 Å².